The Morgan fingerprint density at radius 1 is 0.968 bits per heavy atom. The van der Waals surface area contributed by atoms with E-state index in [0.29, 0.717) is 6.16 Å². The number of H-pyrrole nitrogens is 1. The van der Waals surface area contributed by atoms with Crippen molar-refractivity contribution in [1.82, 2.24) is 4.98 Å². The van der Waals surface area contributed by atoms with E-state index in [1.54, 1.807) is 0 Å². The molecule has 31 heavy (non-hydrogen) atoms. The molecule has 3 aromatic carbocycles. The third-order valence-corrected chi connectivity index (χ3v) is 9.29. The Kier molecular flexibility index (Phi) is 5.02. The van der Waals surface area contributed by atoms with Crippen LogP contribution in [-0.2, 0) is 10.7 Å². The predicted molar refractivity (Wildman–Crippen MR) is 131 cm³/mol. The average Bonchev–Trinajstić information content (AvgIpc) is 3.16. The van der Waals surface area contributed by atoms with Gasteiger partial charge in [0.2, 0.25) is 0 Å². The highest BCUT2D eigenvalue weighted by molar-refractivity contribution is 7.75. The molecule has 0 radical (unpaired) electrons. The molecule has 1 aromatic heterocycles. The minimum absolute atomic E-state index is 0.449. The van der Waals surface area contributed by atoms with Crippen molar-refractivity contribution in [3.05, 3.63) is 114 Å². The summed E-state index contributed by atoms with van der Waals surface area (Å²) >= 11 is 0. The van der Waals surface area contributed by atoms with Crippen LogP contribution in [0.25, 0.3) is 22.0 Å². The van der Waals surface area contributed by atoms with Crippen LogP contribution in [0.1, 0.15) is 24.2 Å². The highest BCUT2D eigenvalue weighted by Crippen LogP contribution is 2.63. The van der Waals surface area contributed by atoms with E-state index in [4.69, 9.17) is 5.73 Å². The maximum Gasteiger partial charge on any atom is 0.146 e. The molecule has 2 unspecified atom stereocenters. The van der Waals surface area contributed by atoms with E-state index in [1.165, 1.54) is 0 Å². The van der Waals surface area contributed by atoms with E-state index >= 15 is 0 Å². The number of para-hydroxylation sites is 1. The summed E-state index contributed by atoms with van der Waals surface area (Å²) in [5, 5.41) is 2.78. The lowest BCUT2D eigenvalue weighted by Crippen LogP contribution is -2.17. The van der Waals surface area contributed by atoms with Gasteiger partial charge in [-0.3, -0.25) is 0 Å². The van der Waals surface area contributed by atoms with Crippen LogP contribution in [-0.4, -0.2) is 4.98 Å². The molecule has 1 aliphatic heterocycles. The SMILES string of the molecule is C/C=C\C=C1/C(N)c2[nH]c3ccccc3c2-c2ccccc2P1(=O)Cc1ccccc1. The molecule has 0 bridgehead atoms. The molecule has 1 aliphatic rings. The zero-order chi connectivity index (χ0) is 21.4. The van der Waals surface area contributed by atoms with E-state index in [1.807, 2.05) is 85.8 Å². The van der Waals surface area contributed by atoms with Crippen molar-refractivity contribution < 1.29 is 4.57 Å². The van der Waals surface area contributed by atoms with E-state index in [-0.39, 0.29) is 0 Å². The van der Waals surface area contributed by atoms with Crippen molar-refractivity contribution in [2.24, 2.45) is 5.73 Å². The molecule has 3 N–H and O–H groups in total. The van der Waals surface area contributed by atoms with Gasteiger partial charge in [0.05, 0.1) is 6.04 Å². The third-order valence-electron chi connectivity index (χ3n) is 6.05. The fraction of sp³-hybridized carbons (Fsp3) is 0.111. The number of benzene rings is 3. The van der Waals surface area contributed by atoms with E-state index in [2.05, 4.69) is 23.2 Å². The Balaban J connectivity index is 1.86. The van der Waals surface area contributed by atoms with Crippen molar-refractivity contribution >= 4 is 23.3 Å². The van der Waals surface area contributed by atoms with Crippen LogP contribution in [0.15, 0.2) is 102 Å². The van der Waals surface area contributed by atoms with Crippen LogP contribution in [0, 0.1) is 0 Å². The largest absolute Gasteiger partial charge is 0.356 e. The number of aromatic nitrogens is 1. The molecule has 2 atom stereocenters. The summed E-state index contributed by atoms with van der Waals surface area (Å²) in [5.74, 6) is 0. The van der Waals surface area contributed by atoms with Crippen molar-refractivity contribution in [2.45, 2.75) is 19.1 Å². The van der Waals surface area contributed by atoms with Gasteiger partial charge in [-0.15, -0.1) is 0 Å². The summed E-state index contributed by atoms with van der Waals surface area (Å²) in [6.07, 6.45) is 6.31. The van der Waals surface area contributed by atoms with Crippen molar-refractivity contribution in [2.75, 3.05) is 0 Å². The Morgan fingerprint density at radius 3 is 2.48 bits per heavy atom. The van der Waals surface area contributed by atoms with Gasteiger partial charge in [0.25, 0.3) is 0 Å². The summed E-state index contributed by atoms with van der Waals surface area (Å²) in [4.78, 5) is 3.54. The van der Waals surface area contributed by atoms with Crippen LogP contribution in [0.4, 0.5) is 0 Å². The van der Waals surface area contributed by atoms with Gasteiger partial charge in [0.1, 0.15) is 7.14 Å². The normalized spacial score (nSPS) is 21.9. The third kappa shape index (κ3) is 3.22. The van der Waals surface area contributed by atoms with Gasteiger partial charge in [0.15, 0.2) is 0 Å². The molecule has 5 rings (SSSR count). The standard InChI is InChI=1S/C27H25N2OP/c1-2-3-16-24-26(28)27-25(20-13-7-9-15-22(20)29-27)21-14-8-10-17-23(21)31(24,30)18-19-11-5-4-6-12-19/h2-17,26,29H,18,28H2,1H3/b3-2-,24-16+. The van der Waals surface area contributed by atoms with Crippen LogP contribution in [0.2, 0.25) is 0 Å². The first kappa shape index (κ1) is 19.8. The molecule has 3 nitrogen and oxygen atoms in total. The minimum Gasteiger partial charge on any atom is -0.356 e. The topological polar surface area (TPSA) is 58.9 Å². The number of hydrogen-bond acceptors (Lipinski definition) is 2. The zero-order valence-corrected chi connectivity index (χ0v) is 18.3. The lowest BCUT2D eigenvalue weighted by atomic mass is 9.99. The summed E-state index contributed by atoms with van der Waals surface area (Å²) in [6.45, 7) is 1.96. The first-order valence-electron chi connectivity index (χ1n) is 10.6. The fourth-order valence-corrected chi connectivity index (χ4v) is 7.80. The Hall–Kier alpha value is -3.13. The molecular formula is C27H25N2OP. The summed E-state index contributed by atoms with van der Waals surface area (Å²) < 4.78 is 15.0. The molecule has 0 aliphatic carbocycles. The lowest BCUT2D eigenvalue weighted by Gasteiger charge is -2.25. The Morgan fingerprint density at radius 2 is 1.68 bits per heavy atom. The van der Waals surface area contributed by atoms with Crippen molar-refractivity contribution in [3.8, 4) is 11.1 Å². The maximum absolute atomic E-state index is 15.0. The van der Waals surface area contributed by atoms with Crippen LogP contribution >= 0.6 is 7.14 Å². The molecule has 4 heteroatoms. The first-order chi connectivity index (χ1) is 15.1. The molecule has 0 amide bonds. The van der Waals surface area contributed by atoms with Crippen LogP contribution in [0.5, 0.6) is 0 Å². The lowest BCUT2D eigenvalue weighted by molar-refractivity contribution is 0.582. The van der Waals surface area contributed by atoms with Crippen molar-refractivity contribution in [3.63, 3.8) is 0 Å². The number of allylic oxidation sites excluding steroid dienone is 3. The van der Waals surface area contributed by atoms with Crippen LogP contribution in [0.3, 0.4) is 0 Å². The van der Waals surface area contributed by atoms with Gasteiger partial charge < -0.3 is 15.3 Å². The van der Waals surface area contributed by atoms with Gasteiger partial charge >= 0.3 is 0 Å². The summed E-state index contributed by atoms with van der Waals surface area (Å²) in [7, 11) is -3.03. The second kappa shape index (κ2) is 7.85. The molecule has 154 valence electrons. The van der Waals surface area contributed by atoms with Gasteiger partial charge in [-0.05, 0) is 24.1 Å². The number of fused-ring (bicyclic) bond motifs is 5. The summed E-state index contributed by atoms with van der Waals surface area (Å²) in [5.41, 5.74) is 12.0. The number of hydrogen-bond donors (Lipinski definition) is 2. The van der Waals surface area contributed by atoms with Gasteiger partial charge in [-0.25, -0.2) is 0 Å². The molecule has 0 spiro atoms. The minimum atomic E-state index is -3.03. The number of nitrogens with two attached hydrogens (primary N) is 1. The van der Waals surface area contributed by atoms with E-state index in [0.717, 1.165) is 43.9 Å². The van der Waals surface area contributed by atoms with Gasteiger partial charge in [-0.2, -0.15) is 0 Å². The van der Waals surface area contributed by atoms with E-state index in [9.17, 15) is 4.57 Å². The number of aromatic amines is 1. The Labute approximate surface area is 182 Å². The number of nitrogens with one attached hydrogen (secondary N) is 1. The highest BCUT2D eigenvalue weighted by Gasteiger charge is 2.40. The Bertz CT molecular complexity index is 1360. The molecule has 4 aromatic rings. The summed E-state index contributed by atoms with van der Waals surface area (Å²) in [6, 6.07) is 25.9. The van der Waals surface area contributed by atoms with Gasteiger partial charge in [0, 0.05) is 38.9 Å². The smallest absolute Gasteiger partial charge is 0.146 e. The quantitative estimate of drug-likeness (QED) is 0.369. The molecular weight excluding hydrogens is 399 g/mol. The molecule has 2 heterocycles. The number of rotatable bonds is 3. The second-order valence-corrected chi connectivity index (χ2v) is 10.7. The molecule has 0 fully saturated rings. The molecule has 0 saturated carbocycles. The molecule has 0 saturated heterocycles. The predicted octanol–water partition coefficient (Wildman–Crippen LogP) is 6.50. The van der Waals surface area contributed by atoms with Crippen molar-refractivity contribution in [1.29, 1.82) is 0 Å². The monoisotopic (exact) mass is 424 g/mol. The average molecular weight is 424 g/mol. The maximum atomic E-state index is 15.0. The van der Waals surface area contributed by atoms with Gasteiger partial charge in [-0.1, -0.05) is 91.0 Å². The van der Waals surface area contributed by atoms with E-state index < -0.39 is 13.2 Å². The fourth-order valence-electron chi connectivity index (χ4n) is 4.63. The van der Waals surface area contributed by atoms with Crippen LogP contribution < -0.4 is 11.0 Å². The highest BCUT2D eigenvalue weighted by atomic mass is 31.2. The first-order valence-corrected chi connectivity index (χ1v) is 12.5. The zero-order valence-electron chi connectivity index (χ0n) is 17.5. The second-order valence-electron chi connectivity index (χ2n) is 7.95.